The van der Waals surface area contributed by atoms with Crippen molar-refractivity contribution in [2.75, 3.05) is 57.4 Å². The topological polar surface area (TPSA) is 114 Å². The number of aromatic nitrogens is 1. The summed E-state index contributed by atoms with van der Waals surface area (Å²) in [6.07, 6.45) is -1.42. The first-order valence-corrected chi connectivity index (χ1v) is 12.5. The summed E-state index contributed by atoms with van der Waals surface area (Å²) in [5.41, 5.74) is 5.28. The molecule has 0 saturated carbocycles. The third-order valence-corrected chi connectivity index (χ3v) is 7.82. The van der Waals surface area contributed by atoms with E-state index in [1.807, 2.05) is 11.0 Å². The van der Waals surface area contributed by atoms with Gasteiger partial charge in [-0.15, -0.1) is 0 Å². The lowest BCUT2D eigenvalue weighted by atomic mass is 9.72. The fraction of sp³-hybridized carbons (Fsp3) is 0.667. The second-order valence-corrected chi connectivity index (χ2v) is 10.4. The molecule has 1 spiro atoms. The van der Waals surface area contributed by atoms with Gasteiger partial charge in [0, 0.05) is 56.4 Å². The molecule has 0 aliphatic carbocycles. The molecule has 4 saturated heterocycles. The molecule has 1 aromatic rings. The first-order chi connectivity index (χ1) is 17.7. The number of rotatable bonds is 7. The van der Waals surface area contributed by atoms with Crippen LogP contribution in [0.3, 0.4) is 0 Å². The highest BCUT2D eigenvalue weighted by Gasteiger charge is 2.55. The number of carbonyl (C=O) groups excluding carboxylic acids is 2. The number of amides is 2. The lowest BCUT2D eigenvalue weighted by molar-refractivity contribution is -0.201. The van der Waals surface area contributed by atoms with E-state index in [9.17, 15) is 22.8 Å². The van der Waals surface area contributed by atoms with E-state index in [2.05, 4.69) is 26.8 Å². The largest absolute Gasteiger partial charge is 0.402 e. The molecule has 2 N–H and O–H groups in total. The molecule has 0 aromatic carbocycles. The van der Waals surface area contributed by atoms with E-state index in [-0.39, 0.29) is 43.5 Å². The van der Waals surface area contributed by atoms with Gasteiger partial charge in [0.15, 0.2) is 5.92 Å². The fourth-order valence-electron chi connectivity index (χ4n) is 6.00. The van der Waals surface area contributed by atoms with Crippen molar-refractivity contribution in [2.24, 2.45) is 11.3 Å². The molecule has 0 bridgehead atoms. The number of carbonyl (C=O) groups is 2. The number of anilines is 1. The van der Waals surface area contributed by atoms with Gasteiger partial charge >= 0.3 is 6.18 Å². The minimum absolute atomic E-state index is 0.00846. The van der Waals surface area contributed by atoms with Crippen LogP contribution in [0.5, 0.6) is 0 Å². The van der Waals surface area contributed by atoms with E-state index in [0.29, 0.717) is 31.6 Å². The lowest BCUT2D eigenvalue weighted by Gasteiger charge is -2.60. The molecule has 10 nitrogen and oxygen atoms in total. The highest BCUT2D eigenvalue weighted by atomic mass is 19.4. The summed E-state index contributed by atoms with van der Waals surface area (Å²) < 4.78 is 46.4. The number of alkyl halides is 3. The Morgan fingerprint density at radius 3 is 2.73 bits per heavy atom. The molecule has 4 aliphatic heterocycles. The quantitative estimate of drug-likeness (QED) is 0.503. The van der Waals surface area contributed by atoms with Crippen LogP contribution in [0, 0.1) is 22.7 Å². The predicted octanol–water partition coefficient (Wildman–Crippen LogP) is 0.654. The Morgan fingerprint density at radius 2 is 2.05 bits per heavy atom. The van der Waals surface area contributed by atoms with Gasteiger partial charge in [-0.1, -0.05) is 0 Å². The maximum Gasteiger partial charge on any atom is 0.402 e. The molecule has 200 valence electrons. The number of likely N-dealkylation sites (tertiary alicyclic amines) is 2. The Kier molecular flexibility index (Phi) is 6.99. The van der Waals surface area contributed by atoms with Crippen molar-refractivity contribution in [3.63, 3.8) is 0 Å². The van der Waals surface area contributed by atoms with Gasteiger partial charge in [0.1, 0.15) is 11.9 Å². The van der Waals surface area contributed by atoms with Crippen LogP contribution in [0.1, 0.15) is 24.8 Å². The second-order valence-electron chi connectivity index (χ2n) is 10.4. The summed E-state index contributed by atoms with van der Waals surface area (Å²) in [5, 5.41) is 8.89. The SMILES string of the molecule is N#Cc1ccc(N2CC3(CN(C(=O)CCOC[C@@H]4CCCN4C4CNNC(=O)C4C(F)(F)F)C3)C2)nc1. The van der Waals surface area contributed by atoms with E-state index in [1.165, 1.54) is 0 Å². The Hall–Kier alpha value is -2.95. The number of halogens is 3. The standard InChI is InChI=1S/C24H30F3N7O3/c25-24(26,27)21-18(10-30-31-22(21)36)34-6-1-2-17(34)11-37-7-5-20(35)33-14-23(15-33)12-32(13-23)19-4-3-16(8-28)9-29-19/h3-4,9,17-18,21,30H,1-2,5-7,10-15H2,(H,31,36)/t17-,18?,21?/m0/s1. The van der Waals surface area contributed by atoms with Gasteiger partial charge < -0.3 is 14.5 Å². The van der Waals surface area contributed by atoms with E-state index in [1.54, 1.807) is 17.2 Å². The van der Waals surface area contributed by atoms with Gasteiger partial charge in [-0.25, -0.2) is 10.4 Å². The molecule has 37 heavy (non-hydrogen) atoms. The first-order valence-electron chi connectivity index (χ1n) is 12.5. The number of nitrogens with zero attached hydrogens (tertiary/aromatic N) is 5. The monoisotopic (exact) mass is 521 g/mol. The van der Waals surface area contributed by atoms with Crippen molar-refractivity contribution in [3.8, 4) is 6.07 Å². The van der Waals surface area contributed by atoms with Crippen LogP contribution in [0.2, 0.25) is 0 Å². The number of hydrazine groups is 1. The van der Waals surface area contributed by atoms with Gasteiger partial charge in [-0.2, -0.15) is 18.4 Å². The van der Waals surface area contributed by atoms with Crippen LogP contribution in [0.25, 0.3) is 0 Å². The number of hydrogen-bond acceptors (Lipinski definition) is 8. The number of nitrogens with one attached hydrogen (secondary N) is 2. The van der Waals surface area contributed by atoms with Crippen molar-refractivity contribution in [1.29, 1.82) is 5.26 Å². The summed E-state index contributed by atoms with van der Waals surface area (Å²) >= 11 is 0. The van der Waals surface area contributed by atoms with Crippen LogP contribution in [-0.4, -0.2) is 97.3 Å². The van der Waals surface area contributed by atoms with Gasteiger partial charge in [-0.05, 0) is 31.5 Å². The summed E-state index contributed by atoms with van der Waals surface area (Å²) in [6.45, 7) is 3.93. The van der Waals surface area contributed by atoms with E-state index >= 15 is 0 Å². The average molecular weight is 522 g/mol. The molecule has 2 amide bonds. The van der Waals surface area contributed by atoms with E-state index < -0.39 is 24.0 Å². The minimum Gasteiger partial charge on any atom is -0.379 e. The van der Waals surface area contributed by atoms with Gasteiger partial charge in [0.25, 0.3) is 0 Å². The highest BCUT2D eigenvalue weighted by Crippen LogP contribution is 2.41. The average Bonchev–Trinajstić information content (AvgIpc) is 3.28. The Balaban J connectivity index is 1.03. The van der Waals surface area contributed by atoms with Crippen molar-refractivity contribution >= 4 is 17.6 Å². The van der Waals surface area contributed by atoms with Crippen molar-refractivity contribution < 1.29 is 27.5 Å². The Morgan fingerprint density at radius 1 is 1.27 bits per heavy atom. The molecular weight excluding hydrogens is 491 g/mol. The number of ether oxygens (including phenoxy) is 1. The normalized spacial score (nSPS) is 27.4. The first kappa shape index (κ1) is 25.7. The fourth-order valence-corrected chi connectivity index (χ4v) is 6.00. The van der Waals surface area contributed by atoms with E-state index in [0.717, 1.165) is 25.3 Å². The zero-order valence-corrected chi connectivity index (χ0v) is 20.3. The summed E-state index contributed by atoms with van der Waals surface area (Å²) in [7, 11) is 0. The number of hydrogen-bond donors (Lipinski definition) is 2. The van der Waals surface area contributed by atoms with Crippen LogP contribution in [-0.2, 0) is 14.3 Å². The van der Waals surface area contributed by atoms with Gasteiger partial charge in [-0.3, -0.25) is 19.9 Å². The molecule has 5 rings (SSSR count). The predicted molar refractivity (Wildman–Crippen MR) is 125 cm³/mol. The van der Waals surface area contributed by atoms with E-state index in [4.69, 9.17) is 10.00 Å². The smallest absolute Gasteiger partial charge is 0.379 e. The zero-order chi connectivity index (χ0) is 26.2. The van der Waals surface area contributed by atoms with Gasteiger partial charge in [0.05, 0.1) is 25.2 Å². The molecule has 1 aromatic heterocycles. The molecule has 2 unspecified atom stereocenters. The second kappa shape index (κ2) is 10.1. The van der Waals surface area contributed by atoms with Crippen LogP contribution >= 0.6 is 0 Å². The van der Waals surface area contributed by atoms with Crippen molar-refractivity contribution in [1.82, 2.24) is 25.6 Å². The maximum atomic E-state index is 13.5. The highest BCUT2D eigenvalue weighted by molar-refractivity contribution is 5.80. The summed E-state index contributed by atoms with van der Waals surface area (Å²) in [4.78, 5) is 34.5. The molecule has 0 radical (unpaired) electrons. The van der Waals surface area contributed by atoms with Crippen LogP contribution in [0.15, 0.2) is 18.3 Å². The lowest BCUT2D eigenvalue weighted by Crippen LogP contribution is -2.73. The molecule has 4 aliphatic rings. The Bertz CT molecular complexity index is 1050. The molecule has 13 heteroatoms. The maximum absolute atomic E-state index is 13.5. The summed E-state index contributed by atoms with van der Waals surface area (Å²) in [6, 6.07) is 4.42. The minimum atomic E-state index is -4.62. The van der Waals surface area contributed by atoms with Crippen molar-refractivity contribution in [3.05, 3.63) is 23.9 Å². The van der Waals surface area contributed by atoms with Crippen LogP contribution in [0.4, 0.5) is 19.0 Å². The molecule has 3 atom stereocenters. The third kappa shape index (κ3) is 5.23. The number of pyridine rings is 1. The zero-order valence-electron chi connectivity index (χ0n) is 20.3. The molecule has 5 heterocycles. The Labute approximate surface area is 212 Å². The third-order valence-electron chi connectivity index (χ3n) is 7.82. The molecular formula is C24H30F3N7O3. The van der Waals surface area contributed by atoms with Gasteiger partial charge in [0.2, 0.25) is 11.8 Å². The van der Waals surface area contributed by atoms with Crippen molar-refractivity contribution in [2.45, 2.75) is 37.5 Å². The summed E-state index contributed by atoms with van der Waals surface area (Å²) in [5.74, 6) is -2.30. The van der Waals surface area contributed by atoms with Crippen LogP contribution < -0.4 is 15.8 Å². The molecule has 4 fully saturated rings. The number of nitriles is 1.